The van der Waals surface area contributed by atoms with Crippen LogP contribution in [0.1, 0.15) is 37.0 Å². The lowest BCUT2D eigenvalue weighted by molar-refractivity contribution is -0.117. The summed E-state index contributed by atoms with van der Waals surface area (Å²) >= 11 is 0. The van der Waals surface area contributed by atoms with Crippen LogP contribution in [0.25, 0.3) is 0 Å². The summed E-state index contributed by atoms with van der Waals surface area (Å²) in [4.78, 5) is 17.2. The van der Waals surface area contributed by atoms with Gasteiger partial charge in [-0.1, -0.05) is 44.2 Å². The van der Waals surface area contributed by atoms with Gasteiger partial charge < -0.3 is 15.3 Å². The van der Waals surface area contributed by atoms with Crippen molar-refractivity contribution < 1.29 is 9.90 Å². The third-order valence-corrected chi connectivity index (χ3v) is 5.16. The number of rotatable bonds is 12. The zero-order valence-electron chi connectivity index (χ0n) is 18.0. The molecule has 0 aliphatic carbocycles. The molecule has 0 aliphatic rings. The minimum atomic E-state index is -0.116. The van der Waals surface area contributed by atoms with Gasteiger partial charge in [0, 0.05) is 24.3 Å². The van der Waals surface area contributed by atoms with E-state index in [0.29, 0.717) is 23.4 Å². The van der Waals surface area contributed by atoms with Crippen molar-refractivity contribution in [3.05, 3.63) is 65.2 Å². The van der Waals surface area contributed by atoms with Crippen molar-refractivity contribution >= 4 is 11.6 Å². The van der Waals surface area contributed by atoms with E-state index in [-0.39, 0.29) is 19.1 Å². The number of anilines is 1. The molecule has 0 atom stereocenters. The first kappa shape index (κ1) is 23.6. The largest absolute Gasteiger partial charge is 0.392 e. The van der Waals surface area contributed by atoms with Crippen molar-refractivity contribution in [1.82, 2.24) is 9.80 Å². The fourth-order valence-corrected chi connectivity index (χ4v) is 3.39. The lowest BCUT2D eigenvalue weighted by atomic mass is 10.1. The van der Waals surface area contributed by atoms with Crippen molar-refractivity contribution in [3.8, 4) is 6.07 Å². The second-order valence-corrected chi connectivity index (χ2v) is 7.26. The summed E-state index contributed by atoms with van der Waals surface area (Å²) in [5.74, 6) is -0.104. The lowest BCUT2D eigenvalue weighted by Gasteiger charge is -2.24. The third-order valence-electron chi connectivity index (χ3n) is 5.16. The molecule has 2 aromatic carbocycles. The number of hydrogen-bond acceptors (Lipinski definition) is 5. The molecule has 0 fully saturated rings. The Morgan fingerprint density at radius 1 is 1.03 bits per heavy atom. The summed E-state index contributed by atoms with van der Waals surface area (Å²) < 4.78 is 0. The van der Waals surface area contributed by atoms with Gasteiger partial charge in [0.25, 0.3) is 0 Å². The summed E-state index contributed by atoms with van der Waals surface area (Å²) in [5, 5.41) is 21.4. The van der Waals surface area contributed by atoms with E-state index in [1.165, 1.54) is 0 Å². The number of nitriles is 1. The zero-order chi connectivity index (χ0) is 21.8. The predicted molar refractivity (Wildman–Crippen MR) is 120 cm³/mol. The molecule has 1 amide bonds. The quantitative estimate of drug-likeness (QED) is 0.564. The Balaban J connectivity index is 2.03. The van der Waals surface area contributed by atoms with E-state index in [1.807, 2.05) is 24.3 Å². The Morgan fingerprint density at radius 2 is 1.70 bits per heavy atom. The van der Waals surface area contributed by atoms with Crippen molar-refractivity contribution in [2.75, 3.05) is 38.0 Å². The molecule has 0 radical (unpaired) electrons. The van der Waals surface area contributed by atoms with E-state index >= 15 is 0 Å². The highest BCUT2D eigenvalue weighted by Crippen LogP contribution is 2.15. The van der Waals surface area contributed by atoms with Crippen LogP contribution in [-0.4, -0.2) is 53.5 Å². The average Bonchev–Trinajstić information content (AvgIpc) is 2.77. The fraction of sp³-hybridized carbons (Fsp3) is 0.417. The second-order valence-electron chi connectivity index (χ2n) is 7.26. The third kappa shape index (κ3) is 7.60. The molecule has 0 spiro atoms. The van der Waals surface area contributed by atoms with Gasteiger partial charge in [-0.05, 0) is 49.8 Å². The molecule has 0 bridgehead atoms. The van der Waals surface area contributed by atoms with Gasteiger partial charge >= 0.3 is 0 Å². The van der Waals surface area contributed by atoms with Crippen molar-refractivity contribution in [2.45, 2.75) is 33.4 Å². The molecule has 30 heavy (non-hydrogen) atoms. The molecular formula is C24H32N4O2. The van der Waals surface area contributed by atoms with Crippen LogP contribution in [0.2, 0.25) is 0 Å². The number of nitrogens with zero attached hydrogens (tertiary/aromatic N) is 3. The Kier molecular flexibility index (Phi) is 10.0. The Labute approximate surface area is 179 Å². The van der Waals surface area contributed by atoms with Gasteiger partial charge in [0.15, 0.2) is 0 Å². The molecule has 0 aliphatic heterocycles. The minimum absolute atomic E-state index is 0.104. The van der Waals surface area contributed by atoms with Gasteiger partial charge in [0.05, 0.1) is 24.8 Å². The maximum Gasteiger partial charge on any atom is 0.238 e. The first-order valence-electron chi connectivity index (χ1n) is 10.5. The fourth-order valence-electron chi connectivity index (χ4n) is 3.39. The van der Waals surface area contributed by atoms with Crippen molar-refractivity contribution in [1.29, 1.82) is 5.26 Å². The number of nitrogens with one attached hydrogen (secondary N) is 1. The summed E-state index contributed by atoms with van der Waals surface area (Å²) in [6, 6.07) is 16.9. The number of benzene rings is 2. The Morgan fingerprint density at radius 3 is 2.33 bits per heavy atom. The summed E-state index contributed by atoms with van der Waals surface area (Å²) in [6.07, 6.45) is 0.971. The molecule has 0 unspecified atom stereocenters. The Bertz CT molecular complexity index is 826. The smallest absolute Gasteiger partial charge is 0.238 e. The molecule has 2 aromatic rings. The molecule has 2 N–H and O–H groups in total. The molecule has 6 heteroatoms. The van der Waals surface area contributed by atoms with Crippen LogP contribution in [0.15, 0.2) is 48.5 Å². The van der Waals surface area contributed by atoms with E-state index < -0.39 is 0 Å². The highest BCUT2D eigenvalue weighted by molar-refractivity contribution is 5.92. The Hall–Kier alpha value is -2.72. The van der Waals surface area contributed by atoms with Crippen LogP contribution in [-0.2, 0) is 17.9 Å². The van der Waals surface area contributed by atoms with Gasteiger partial charge in [-0.2, -0.15) is 5.26 Å². The van der Waals surface area contributed by atoms with Crippen molar-refractivity contribution in [2.24, 2.45) is 0 Å². The molecule has 160 valence electrons. The van der Waals surface area contributed by atoms with Gasteiger partial charge in [-0.25, -0.2) is 0 Å². The highest BCUT2D eigenvalue weighted by Gasteiger charge is 2.13. The number of aliphatic hydroxyl groups is 1. The van der Waals surface area contributed by atoms with E-state index in [4.69, 9.17) is 5.26 Å². The molecule has 0 saturated carbocycles. The molecular weight excluding hydrogens is 376 g/mol. The van der Waals surface area contributed by atoms with Gasteiger partial charge in [0.2, 0.25) is 5.91 Å². The van der Waals surface area contributed by atoms with E-state index in [0.717, 1.165) is 38.2 Å². The van der Waals surface area contributed by atoms with Crippen LogP contribution < -0.4 is 5.32 Å². The monoisotopic (exact) mass is 408 g/mol. The van der Waals surface area contributed by atoms with Gasteiger partial charge in [-0.15, -0.1) is 0 Å². The number of para-hydroxylation sites is 1. The maximum atomic E-state index is 12.7. The molecule has 2 rings (SSSR count). The van der Waals surface area contributed by atoms with Crippen LogP contribution in [0, 0.1) is 11.3 Å². The summed E-state index contributed by atoms with van der Waals surface area (Å²) in [7, 11) is 0. The number of amides is 1. The second kappa shape index (κ2) is 12.8. The van der Waals surface area contributed by atoms with Crippen LogP contribution in [0.3, 0.4) is 0 Å². The SMILES string of the molecule is CCN(CC)CCCN(CC(=O)Nc1ccccc1CO)Cc1ccc(C#N)cc1. The van der Waals surface area contributed by atoms with E-state index in [9.17, 15) is 9.90 Å². The maximum absolute atomic E-state index is 12.7. The average molecular weight is 409 g/mol. The summed E-state index contributed by atoms with van der Waals surface area (Å²) in [6.45, 7) is 8.92. The van der Waals surface area contributed by atoms with E-state index in [2.05, 4.69) is 35.0 Å². The number of carbonyl (C=O) groups is 1. The van der Waals surface area contributed by atoms with Gasteiger partial charge in [-0.3, -0.25) is 9.69 Å². The normalized spacial score (nSPS) is 10.9. The van der Waals surface area contributed by atoms with Crippen LogP contribution in [0.4, 0.5) is 5.69 Å². The summed E-state index contributed by atoms with van der Waals surface area (Å²) in [5.41, 5.74) is 3.04. The van der Waals surface area contributed by atoms with E-state index in [1.54, 1.807) is 24.3 Å². The molecule has 0 heterocycles. The van der Waals surface area contributed by atoms with Crippen molar-refractivity contribution in [3.63, 3.8) is 0 Å². The number of hydrogen-bond donors (Lipinski definition) is 2. The predicted octanol–water partition coefficient (Wildman–Crippen LogP) is 3.22. The van der Waals surface area contributed by atoms with Crippen LogP contribution in [0.5, 0.6) is 0 Å². The standard InChI is InChI=1S/C24H32N4O2/c1-3-27(4-2)14-7-15-28(17-21-12-10-20(16-25)11-13-21)18-24(30)26-23-9-6-5-8-22(23)19-29/h5-6,8-13,29H,3-4,7,14-15,17-19H2,1-2H3,(H,26,30). The minimum Gasteiger partial charge on any atom is -0.392 e. The topological polar surface area (TPSA) is 79.6 Å². The first-order chi connectivity index (χ1) is 14.6. The lowest BCUT2D eigenvalue weighted by Crippen LogP contribution is -2.35. The highest BCUT2D eigenvalue weighted by atomic mass is 16.3. The molecule has 0 aromatic heterocycles. The molecule has 0 saturated heterocycles. The van der Waals surface area contributed by atoms with Crippen LogP contribution >= 0.6 is 0 Å². The molecule has 6 nitrogen and oxygen atoms in total. The zero-order valence-corrected chi connectivity index (χ0v) is 18.0. The van der Waals surface area contributed by atoms with Gasteiger partial charge in [0.1, 0.15) is 0 Å². The number of carbonyl (C=O) groups excluding carboxylic acids is 1. The first-order valence-corrected chi connectivity index (χ1v) is 10.5. The number of aliphatic hydroxyl groups excluding tert-OH is 1.